The van der Waals surface area contributed by atoms with E-state index in [-0.39, 0.29) is 5.60 Å². The van der Waals surface area contributed by atoms with Crippen molar-refractivity contribution in [3.05, 3.63) is 0 Å². The number of nitrogens with one attached hydrogen (secondary N) is 1. The molecule has 20 heavy (non-hydrogen) atoms. The number of hydrogen-bond donors (Lipinski definition) is 1. The molecular weight excluding hydrogens is 250 g/mol. The highest BCUT2D eigenvalue weighted by atomic mass is 16.5. The molecule has 0 aromatic heterocycles. The summed E-state index contributed by atoms with van der Waals surface area (Å²) in [4.78, 5) is 5.46. The van der Waals surface area contributed by atoms with Crippen LogP contribution in [0, 0.1) is 0 Å². The van der Waals surface area contributed by atoms with Gasteiger partial charge in [0, 0.05) is 58.0 Å². The molecule has 0 radical (unpaired) electrons. The van der Waals surface area contributed by atoms with Crippen LogP contribution in [0.3, 0.4) is 0 Å². The van der Waals surface area contributed by atoms with Crippen LogP contribution in [0.25, 0.3) is 0 Å². The van der Waals surface area contributed by atoms with E-state index in [2.05, 4.69) is 15.1 Å². The minimum atomic E-state index is 0.276. The summed E-state index contributed by atoms with van der Waals surface area (Å²) < 4.78 is 6.19. The van der Waals surface area contributed by atoms with Crippen LogP contribution in [0.5, 0.6) is 0 Å². The average molecular weight is 279 g/mol. The van der Waals surface area contributed by atoms with Crippen molar-refractivity contribution >= 4 is 0 Å². The maximum absolute atomic E-state index is 6.19. The van der Waals surface area contributed by atoms with Crippen molar-refractivity contribution in [1.29, 1.82) is 0 Å². The number of hydrogen-bond acceptors (Lipinski definition) is 4. The summed E-state index contributed by atoms with van der Waals surface area (Å²) in [5.41, 5.74) is 0.276. The zero-order valence-electron chi connectivity index (χ0n) is 12.6. The van der Waals surface area contributed by atoms with Gasteiger partial charge >= 0.3 is 0 Å². The van der Waals surface area contributed by atoms with Crippen LogP contribution < -0.4 is 5.32 Å². The highest BCUT2D eigenvalue weighted by Crippen LogP contribution is 2.41. The van der Waals surface area contributed by atoms with Gasteiger partial charge in [-0.05, 0) is 25.7 Å². The molecule has 1 N–H and O–H groups in total. The largest absolute Gasteiger partial charge is 0.375 e. The van der Waals surface area contributed by atoms with E-state index in [9.17, 15) is 0 Å². The molecule has 0 bridgehead atoms. The molecule has 3 aliphatic heterocycles. The quantitative estimate of drug-likeness (QED) is 0.818. The van der Waals surface area contributed by atoms with Gasteiger partial charge in [-0.1, -0.05) is 12.8 Å². The molecule has 1 atom stereocenters. The van der Waals surface area contributed by atoms with Gasteiger partial charge in [0.25, 0.3) is 0 Å². The van der Waals surface area contributed by atoms with E-state index in [0.29, 0.717) is 0 Å². The first kappa shape index (κ1) is 13.5. The van der Waals surface area contributed by atoms with E-state index in [4.69, 9.17) is 4.74 Å². The molecule has 4 nitrogen and oxygen atoms in total. The van der Waals surface area contributed by atoms with Gasteiger partial charge in [-0.3, -0.25) is 9.80 Å². The molecule has 4 rings (SSSR count). The van der Waals surface area contributed by atoms with E-state index in [1.807, 2.05) is 0 Å². The van der Waals surface area contributed by atoms with Crippen molar-refractivity contribution in [3.8, 4) is 0 Å². The van der Waals surface area contributed by atoms with E-state index in [1.165, 1.54) is 77.8 Å². The van der Waals surface area contributed by atoms with Crippen LogP contribution in [-0.2, 0) is 4.74 Å². The zero-order chi connectivity index (χ0) is 13.4. The second-order valence-electron chi connectivity index (χ2n) is 7.27. The SMILES string of the molecule is C1CCC2(C1)CC(N1CCN(C3CNC3)CC1)CCO2. The fourth-order valence-electron chi connectivity index (χ4n) is 4.68. The fraction of sp³-hybridized carbons (Fsp3) is 1.00. The van der Waals surface area contributed by atoms with E-state index in [0.717, 1.165) is 18.7 Å². The van der Waals surface area contributed by atoms with Gasteiger partial charge in [0.15, 0.2) is 0 Å². The first-order chi connectivity index (χ1) is 9.85. The highest BCUT2D eigenvalue weighted by Gasteiger charge is 2.42. The Balaban J connectivity index is 1.32. The van der Waals surface area contributed by atoms with Gasteiger partial charge in [-0.25, -0.2) is 0 Å². The van der Waals surface area contributed by atoms with Gasteiger partial charge in [0.1, 0.15) is 0 Å². The smallest absolute Gasteiger partial charge is 0.0697 e. The van der Waals surface area contributed by atoms with Crippen LogP contribution in [0.4, 0.5) is 0 Å². The topological polar surface area (TPSA) is 27.7 Å². The summed E-state index contributed by atoms with van der Waals surface area (Å²) in [7, 11) is 0. The maximum Gasteiger partial charge on any atom is 0.0697 e. The Morgan fingerprint density at radius 1 is 0.900 bits per heavy atom. The number of ether oxygens (including phenoxy) is 1. The van der Waals surface area contributed by atoms with Crippen LogP contribution in [0.1, 0.15) is 38.5 Å². The van der Waals surface area contributed by atoms with Crippen molar-refractivity contribution in [2.45, 2.75) is 56.2 Å². The Kier molecular flexibility index (Phi) is 3.75. The van der Waals surface area contributed by atoms with Gasteiger partial charge in [0.05, 0.1) is 5.60 Å². The van der Waals surface area contributed by atoms with Crippen LogP contribution in [-0.4, -0.2) is 73.4 Å². The van der Waals surface area contributed by atoms with Crippen LogP contribution in [0.2, 0.25) is 0 Å². The molecule has 0 aromatic carbocycles. The molecule has 1 aliphatic carbocycles. The third-order valence-corrected chi connectivity index (χ3v) is 6.12. The predicted octanol–water partition coefficient (Wildman–Crippen LogP) is 1.07. The lowest BCUT2D eigenvalue weighted by Gasteiger charge is -2.48. The van der Waals surface area contributed by atoms with Crippen molar-refractivity contribution in [2.75, 3.05) is 45.9 Å². The molecule has 4 fully saturated rings. The minimum Gasteiger partial charge on any atom is -0.375 e. The van der Waals surface area contributed by atoms with Gasteiger partial charge in [-0.15, -0.1) is 0 Å². The second-order valence-corrected chi connectivity index (χ2v) is 7.27. The molecule has 4 heteroatoms. The third-order valence-electron chi connectivity index (χ3n) is 6.12. The molecule has 1 spiro atoms. The molecule has 0 aromatic rings. The Labute approximate surface area is 122 Å². The van der Waals surface area contributed by atoms with E-state index < -0.39 is 0 Å². The lowest BCUT2D eigenvalue weighted by atomic mass is 9.88. The van der Waals surface area contributed by atoms with Crippen molar-refractivity contribution < 1.29 is 4.74 Å². The minimum absolute atomic E-state index is 0.276. The molecular formula is C16H29N3O. The molecule has 0 amide bonds. The monoisotopic (exact) mass is 279 g/mol. The standard InChI is InChI=1S/C16H29N3O/c1-2-5-16(4-1)11-14(3-10-20-16)18-6-8-19(9-7-18)15-12-17-13-15/h14-15,17H,1-13H2. The Bertz CT molecular complexity index is 331. The molecule has 114 valence electrons. The van der Waals surface area contributed by atoms with Crippen LogP contribution in [0.15, 0.2) is 0 Å². The highest BCUT2D eigenvalue weighted by molar-refractivity contribution is 4.96. The summed E-state index contributed by atoms with van der Waals surface area (Å²) in [6.45, 7) is 8.51. The molecule has 1 unspecified atom stereocenters. The third kappa shape index (κ3) is 2.52. The first-order valence-corrected chi connectivity index (χ1v) is 8.67. The Morgan fingerprint density at radius 3 is 2.15 bits per heavy atom. The Morgan fingerprint density at radius 2 is 1.55 bits per heavy atom. The Hall–Kier alpha value is -0.160. The van der Waals surface area contributed by atoms with Gasteiger partial charge < -0.3 is 10.1 Å². The second kappa shape index (κ2) is 5.56. The van der Waals surface area contributed by atoms with Crippen LogP contribution >= 0.6 is 0 Å². The summed E-state index contributed by atoms with van der Waals surface area (Å²) in [6, 6.07) is 1.62. The molecule has 4 aliphatic rings. The summed E-state index contributed by atoms with van der Waals surface area (Å²) >= 11 is 0. The lowest BCUT2D eigenvalue weighted by Crippen LogP contribution is -2.63. The summed E-state index contributed by atoms with van der Waals surface area (Å²) in [6.07, 6.45) is 7.96. The fourth-order valence-corrected chi connectivity index (χ4v) is 4.68. The zero-order valence-corrected chi connectivity index (χ0v) is 12.6. The molecule has 1 saturated carbocycles. The van der Waals surface area contributed by atoms with Crippen molar-refractivity contribution in [1.82, 2.24) is 15.1 Å². The summed E-state index contributed by atoms with van der Waals surface area (Å²) in [5.74, 6) is 0. The first-order valence-electron chi connectivity index (χ1n) is 8.67. The maximum atomic E-state index is 6.19. The van der Waals surface area contributed by atoms with E-state index >= 15 is 0 Å². The number of rotatable bonds is 2. The summed E-state index contributed by atoms with van der Waals surface area (Å²) in [5, 5.41) is 3.39. The predicted molar refractivity (Wildman–Crippen MR) is 80.0 cm³/mol. The number of piperazine rings is 1. The lowest BCUT2D eigenvalue weighted by molar-refractivity contribution is -0.107. The molecule has 3 saturated heterocycles. The van der Waals surface area contributed by atoms with Crippen molar-refractivity contribution in [3.63, 3.8) is 0 Å². The average Bonchev–Trinajstić information content (AvgIpc) is 2.86. The van der Waals surface area contributed by atoms with E-state index in [1.54, 1.807) is 0 Å². The van der Waals surface area contributed by atoms with Gasteiger partial charge in [-0.2, -0.15) is 0 Å². The normalized spacial score (nSPS) is 36.3. The molecule has 3 heterocycles. The number of nitrogens with zero attached hydrogens (tertiary/aromatic N) is 2. The van der Waals surface area contributed by atoms with Gasteiger partial charge in [0.2, 0.25) is 0 Å². The van der Waals surface area contributed by atoms with Crippen molar-refractivity contribution in [2.24, 2.45) is 0 Å².